The molecule has 2 aromatic rings. The number of nitrogens with one attached hydrogen (secondary N) is 1. The number of aliphatic carboxylic acids is 1. The average molecular weight is 457 g/mol. The Kier molecular flexibility index (Phi) is 7.15. The summed E-state index contributed by atoms with van der Waals surface area (Å²) in [7, 11) is 1.83. The smallest absolute Gasteiger partial charge is 0.407 e. The molecule has 0 radical (unpaired) electrons. The minimum atomic E-state index is -0.752. The molecule has 0 aromatic carbocycles. The van der Waals surface area contributed by atoms with Gasteiger partial charge in [0, 0.05) is 12.6 Å². The Morgan fingerprint density at radius 2 is 1.91 bits per heavy atom. The standard InChI is InChI=1S/C24H32N4O5/c1-15-22(32-18-9-5-6-16(12-18)23(29)30)11-10-20(27-15)19-13-26-28(2)21(19)14-25-24(31)33-17-7-3-4-8-17/h10-11,13,16-18H,3-9,12,14H2,1-2H3,(H,25,31)(H,29,30)/t16-,18-/m0/s1. The highest BCUT2D eigenvalue weighted by Crippen LogP contribution is 2.31. The second kappa shape index (κ2) is 10.2. The van der Waals surface area contributed by atoms with Gasteiger partial charge in [0.2, 0.25) is 0 Å². The van der Waals surface area contributed by atoms with Gasteiger partial charge >= 0.3 is 12.1 Å². The summed E-state index contributed by atoms with van der Waals surface area (Å²) in [5.74, 6) is -0.432. The first-order valence-corrected chi connectivity index (χ1v) is 11.7. The van der Waals surface area contributed by atoms with Gasteiger partial charge in [-0.3, -0.25) is 9.48 Å². The molecule has 2 saturated carbocycles. The minimum absolute atomic E-state index is 0.0165. The zero-order valence-corrected chi connectivity index (χ0v) is 19.2. The second-order valence-electron chi connectivity index (χ2n) is 9.02. The van der Waals surface area contributed by atoms with Crippen molar-refractivity contribution in [2.45, 2.75) is 77.0 Å². The first-order valence-electron chi connectivity index (χ1n) is 11.7. The lowest BCUT2D eigenvalue weighted by Crippen LogP contribution is -2.29. The van der Waals surface area contributed by atoms with Crippen LogP contribution in [0.4, 0.5) is 4.79 Å². The summed E-state index contributed by atoms with van der Waals surface area (Å²) in [5.41, 5.74) is 3.13. The SMILES string of the molecule is Cc1nc(-c2cnn(C)c2CNC(=O)OC2CCCC2)ccc1O[C@H]1CCC[C@H](C(=O)O)C1. The van der Waals surface area contributed by atoms with Crippen molar-refractivity contribution in [2.24, 2.45) is 13.0 Å². The Balaban J connectivity index is 1.41. The van der Waals surface area contributed by atoms with Gasteiger partial charge in [0.1, 0.15) is 11.9 Å². The summed E-state index contributed by atoms with van der Waals surface area (Å²) in [6.45, 7) is 2.17. The van der Waals surface area contributed by atoms with E-state index in [2.05, 4.69) is 10.4 Å². The van der Waals surface area contributed by atoms with Crippen molar-refractivity contribution < 1.29 is 24.2 Å². The maximum absolute atomic E-state index is 12.2. The van der Waals surface area contributed by atoms with Gasteiger partial charge in [-0.25, -0.2) is 9.78 Å². The monoisotopic (exact) mass is 456 g/mol. The molecule has 1 amide bonds. The van der Waals surface area contributed by atoms with E-state index in [1.165, 1.54) is 0 Å². The highest BCUT2D eigenvalue weighted by molar-refractivity contribution is 5.70. The van der Waals surface area contributed by atoms with E-state index in [-0.39, 0.29) is 24.7 Å². The normalized spacial score (nSPS) is 21.0. The molecule has 9 heteroatoms. The minimum Gasteiger partial charge on any atom is -0.489 e. The van der Waals surface area contributed by atoms with Crippen LogP contribution in [0.2, 0.25) is 0 Å². The molecule has 9 nitrogen and oxygen atoms in total. The number of hydrogen-bond acceptors (Lipinski definition) is 6. The maximum Gasteiger partial charge on any atom is 0.407 e. The molecule has 2 fully saturated rings. The molecule has 2 aliphatic carbocycles. The molecule has 2 heterocycles. The van der Waals surface area contributed by atoms with Gasteiger partial charge in [-0.1, -0.05) is 0 Å². The van der Waals surface area contributed by atoms with E-state index >= 15 is 0 Å². The summed E-state index contributed by atoms with van der Waals surface area (Å²) in [6, 6.07) is 3.75. The van der Waals surface area contributed by atoms with Crippen molar-refractivity contribution in [3.8, 4) is 17.0 Å². The van der Waals surface area contributed by atoms with E-state index in [0.717, 1.165) is 61.2 Å². The van der Waals surface area contributed by atoms with Crippen LogP contribution < -0.4 is 10.1 Å². The molecule has 4 rings (SSSR count). The number of carbonyl (C=O) groups is 2. The van der Waals surface area contributed by atoms with E-state index in [9.17, 15) is 14.7 Å². The van der Waals surface area contributed by atoms with Gasteiger partial charge in [-0.2, -0.15) is 5.10 Å². The molecule has 0 bridgehead atoms. The molecule has 2 N–H and O–H groups in total. The zero-order chi connectivity index (χ0) is 23.4. The Labute approximate surface area is 193 Å². The van der Waals surface area contributed by atoms with Crippen LogP contribution in [0.5, 0.6) is 5.75 Å². The molecule has 0 aliphatic heterocycles. The van der Waals surface area contributed by atoms with Crippen molar-refractivity contribution >= 4 is 12.1 Å². The van der Waals surface area contributed by atoms with E-state index in [4.69, 9.17) is 14.5 Å². The lowest BCUT2D eigenvalue weighted by Gasteiger charge is -2.27. The van der Waals surface area contributed by atoms with Gasteiger partial charge in [0.05, 0.1) is 41.8 Å². The Bertz CT molecular complexity index is 999. The van der Waals surface area contributed by atoms with Gasteiger partial charge in [0.15, 0.2) is 0 Å². The fraction of sp³-hybridized carbons (Fsp3) is 0.583. The quantitative estimate of drug-likeness (QED) is 0.647. The first-order chi connectivity index (χ1) is 15.9. The summed E-state index contributed by atoms with van der Waals surface area (Å²) in [4.78, 5) is 28.2. The van der Waals surface area contributed by atoms with Gasteiger partial charge < -0.3 is 19.9 Å². The number of carboxylic acids is 1. The fourth-order valence-electron chi connectivity index (χ4n) is 4.72. The number of aromatic nitrogens is 3. The van der Waals surface area contributed by atoms with Crippen LogP contribution in [-0.2, 0) is 23.1 Å². The third kappa shape index (κ3) is 5.64. The van der Waals surface area contributed by atoms with Crippen LogP contribution in [-0.4, -0.2) is 44.1 Å². The van der Waals surface area contributed by atoms with Crippen LogP contribution in [0.25, 0.3) is 11.3 Å². The number of carbonyl (C=O) groups excluding carboxylic acids is 1. The molecule has 2 aliphatic rings. The topological polar surface area (TPSA) is 116 Å². The van der Waals surface area contributed by atoms with Crippen molar-refractivity contribution in [1.29, 1.82) is 0 Å². The molecule has 33 heavy (non-hydrogen) atoms. The Morgan fingerprint density at radius 1 is 1.15 bits per heavy atom. The van der Waals surface area contributed by atoms with Gasteiger partial charge in [0.25, 0.3) is 0 Å². The number of alkyl carbamates (subject to hydrolysis) is 1. The van der Waals surface area contributed by atoms with Gasteiger partial charge in [-0.05, 0) is 70.4 Å². The lowest BCUT2D eigenvalue weighted by molar-refractivity contribution is -0.143. The molecule has 2 atom stereocenters. The van der Waals surface area contributed by atoms with Gasteiger partial charge in [-0.15, -0.1) is 0 Å². The molecular weight excluding hydrogens is 424 g/mol. The lowest BCUT2D eigenvalue weighted by atomic mass is 9.87. The number of ether oxygens (including phenoxy) is 2. The second-order valence-corrected chi connectivity index (χ2v) is 9.02. The fourth-order valence-corrected chi connectivity index (χ4v) is 4.72. The Hall–Kier alpha value is -3.10. The van der Waals surface area contributed by atoms with E-state index in [0.29, 0.717) is 18.6 Å². The van der Waals surface area contributed by atoms with Crippen LogP contribution in [0.3, 0.4) is 0 Å². The zero-order valence-electron chi connectivity index (χ0n) is 19.2. The number of pyridine rings is 1. The van der Waals surface area contributed by atoms with Crippen LogP contribution >= 0.6 is 0 Å². The summed E-state index contributed by atoms with van der Waals surface area (Å²) < 4.78 is 13.3. The summed E-state index contributed by atoms with van der Waals surface area (Å²) in [6.07, 6.45) is 8.22. The third-order valence-electron chi connectivity index (χ3n) is 6.62. The van der Waals surface area contributed by atoms with Crippen molar-refractivity contribution in [3.63, 3.8) is 0 Å². The van der Waals surface area contributed by atoms with Crippen molar-refractivity contribution in [1.82, 2.24) is 20.1 Å². The highest BCUT2D eigenvalue weighted by atomic mass is 16.6. The average Bonchev–Trinajstić information content (AvgIpc) is 3.43. The number of nitrogens with zero attached hydrogens (tertiary/aromatic N) is 3. The van der Waals surface area contributed by atoms with E-state index < -0.39 is 12.1 Å². The first kappa shape index (κ1) is 23.1. The number of aryl methyl sites for hydroxylation is 2. The number of rotatable bonds is 7. The molecule has 2 aromatic heterocycles. The van der Waals surface area contributed by atoms with E-state index in [1.54, 1.807) is 10.9 Å². The van der Waals surface area contributed by atoms with Crippen LogP contribution in [0.15, 0.2) is 18.3 Å². The summed E-state index contributed by atoms with van der Waals surface area (Å²) in [5, 5.41) is 16.5. The van der Waals surface area contributed by atoms with Crippen LogP contribution in [0.1, 0.15) is 62.8 Å². The molecule has 0 spiro atoms. The van der Waals surface area contributed by atoms with E-state index in [1.807, 2.05) is 26.1 Å². The number of carboxylic acid groups (broad SMARTS) is 1. The largest absolute Gasteiger partial charge is 0.489 e. The predicted octanol–water partition coefficient (Wildman–Crippen LogP) is 3.98. The summed E-state index contributed by atoms with van der Waals surface area (Å²) >= 11 is 0. The molecular formula is C24H32N4O5. The molecule has 178 valence electrons. The molecule has 0 unspecified atom stereocenters. The maximum atomic E-state index is 12.2. The number of hydrogen-bond donors (Lipinski definition) is 2. The Morgan fingerprint density at radius 3 is 2.64 bits per heavy atom. The van der Waals surface area contributed by atoms with Crippen molar-refractivity contribution in [2.75, 3.05) is 0 Å². The van der Waals surface area contributed by atoms with Crippen LogP contribution in [0, 0.1) is 12.8 Å². The third-order valence-corrected chi connectivity index (χ3v) is 6.62. The molecule has 0 saturated heterocycles. The predicted molar refractivity (Wildman–Crippen MR) is 121 cm³/mol. The number of amides is 1. The van der Waals surface area contributed by atoms with Crippen molar-refractivity contribution in [3.05, 3.63) is 29.7 Å². The highest BCUT2D eigenvalue weighted by Gasteiger charge is 2.28.